The molecule has 1 fully saturated rings. The molecule has 4 heteroatoms. The fraction of sp³-hybridized carbons (Fsp3) is 0.583. The van der Waals surface area contributed by atoms with Gasteiger partial charge in [0.1, 0.15) is 0 Å². The number of aliphatic hydroxyl groups is 1. The second-order valence-electron chi connectivity index (χ2n) is 4.57. The van der Waals surface area contributed by atoms with E-state index in [1.807, 2.05) is 6.07 Å². The Balaban J connectivity index is 1.98. The highest BCUT2D eigenvalue weighted by atomic mass is 35.5. The van der Waals surface area contributed by atoms with Gasteiger partial charge in [0.25, 0.3) is 0 Å². The number of nitrogens with one attached hydrogen (secondary N) is 1. The number of halogens is 1. The van der Waals surface area contributed by atoms with E-state index in [4.69, 9.17) is 11.6 Å². The molecule has 1 aromatic heterocycles. The van der Waals surface area contributed by atoms with Gasteiger partial charge in [-0.2, -0.15) is 0 Å². The fourth-order valence-corrected chi connectivity index (χ4v) is 2.50. The molecule has 0 saturated heterocycles. The number of rotatable bonds is 4. The number of pyridine rings is 1. The molecule has 0 spiro atoms. The van der Waals surface area contributed by atoms with Crippen molar-refractivity contribution in [1.82, 2.24) is 4.98 Å². The number of aliphatic hydroxyl groups excluding tert-OH is 1. The maximum atomic E-state index is 9.48. The van der Waals surface area contributed by atoms with Gasteiger partial charge >= 0.3 is 0 Å². The number of hydrogen-bond acceptors (Lipinski definition) is 3. The van der Waals surface area contributed by atoms with Gasteiger partial charge in [-0.1, -0.05) is 24.4 Å². The van der Waals surface area contributed by atoms with E-state index in [9.17, 15) is 5.11 Å². The van der Waals surface area contributed by atoms with Gasteiger partial charge in [0.05, 0.1) is 17.3 Å². The van der Waals surface area contributed by atoms with Crippen LogP contribution in [0.15, 0.2) is 18.5 Å². The molecule has 3 nitrogen and oxygen atoms in total. The Kier molecular flexibility index (Phi) is 3.66. The highest BCUT2D eigenvalue weighted by Gasteiger charge is 2.32. The first-order valence-corrected chi connectivity index (χ1v) is 6.08. The SMILES string of the molecule is OCC1(CNc2ccncc2Cl)CCCC1. The second-order valence-corrected chi connectivity index (χ2v) is 4.98. The first-order chi connectivity index (χ1) is 7.76. The molecule has 0 aromatic carbocycles. The van der Waals surface area contributed by atoms with Gasteiger partial charge in [-0.15, -0.1) is 0 Å². The summed E-state index contributed by atoms with van der Waals surface area (Å²) < 4.78 is 0. The molecule has 0 aliphatic heterocycles. The molecule has 16 heavy (non-hydrogen) atoms. The van der Waals surface area contributed by atoms with Gasteiger partial charge in [0, 0.05) is 24.4 Å². The van der Waals surface area contributed by atoms with Crippen LogP contribution in [-0.2, 0) is 0 Å². The van der Waals surface area contributed by atoms with Crippen LogP contribution < -0.4 is 5.32 Å². The summed E-state index contributed by atoms with van der Waals surface area (Å²) in [6.45, 7) is 1.04. The topological polar surface area (TPSA) is 45.1 Å². The highest BCUT2D eigenvalue weighted by Crippen LogP contribution is 2.38. The average molecular weight is 241 g/mol. The van der Waals surface area contributed by atoms with Crippen molar-refractivity contribution in [2.24, 2.45) is 5.41 Å². The summed E-state index contributed by atoms with van der Waals surface area (Å²) in [7, 11) is 0. The highest BCUT2D eigenvalue weighted by molar-refractivity contribution is 6.33. The Morgan fingerprint density at radius 3 is 2.81 bits per heavy atom. The van der Waals surface area contributed by atoms with Crippen molar-refractivity contribution >= 4 is 17.3 Å². The molecule has 1 aliphatic rings. The first-order valence-electron chi connectivity index (χ1n) is 5.70. The Morgan fingerprint density at radius 1 is 1.44 bits per heavy atom. The van der Waals surface area contributed by atoms with Crippen LogP contribution in [0, 0.1) is 5.41 Å². The molecule has 0 amide bonds. The standard InChI is InChI=1S/C12H17ClN2O/c13-10-7-14-6-3-11(10)15-8-12(9-16)4-1-2-5-12/h3,6-7,16H,1-2,4-5,8-9H2,(H,14,15). The molecule has 0 atom stereocenters. The van der Waals surface area contributed by atoms with Crippen molar-refractivity contribution in [3.05, 3.63) is 23.5 Å². The number of anilines is 1. The molecular formula is C12H17ClN2O. The third-order valence-electron chi connectivity index (χ3n) is 3.43. The largest absolute Gasteiger partial charge is 0.396 e. The predicted octanol–water partition coefficient (Wildman–Crippen LogP) is 2.70. The lowest BCUT2D eigenvalue weighted by Gasteiger charge is -2.27. The minimum absolute atomic E-state index is 0.0482. The Labute approximate surface area is 101 Å². The molecule has 0 unspecified atom stereocenters. The third kappa shape index (κ3) is 2.47. The summed E-state index contributed by atoms with van der Waals surface area (Å²) in [5.41, 5.74) is 0.948. The third-order valence-corrected chi connectivity index (χ3v) is 3.73. The van der Waals surface area contributed by atoms with E-state index in [0.717, 1.165) is 25.1 Å². The first kappa shape index (κ1) is 11.7. The van der Waals surface area contributed by atoms with Gasteiger partial charge in [0.15, 0.2) is 0 Å². The zero-order chi connectivity index (χ0) is 11.4. The summed E-state index contributed by atoms with van der Waals surface area (Å²) in [6.07, 6.45) is 7.97. The lowest BCUT2D eigenvalue weighted by Crippen LogP contribution is -2.30. The molecule has 0 radical (unpaired) electrons. The number of nitrogens with zero attached hydrogens (tertiary/aromatic N) is 1. The number of aromatic nitrogens is 1. The van der Waals surface area contributed by atoms with Crippen molar-refractivity contribution in [1.29, 1.82) is 0 Å². The van der Waals surface area contributed by atoms with Gasteiger partial charge in [0.2, 0.25) is 0 Å². The van der Waals surface area contributed by atoms with E-state index in [1.165, 1.54) is 12.8 Å². The zero-order valence-electron chi connectivity index (χ0n) is 9.25. The van der Waals surface area contributed by atoms with Crippen molar-refractivity contribution in [2.75, 3.05) is 18.5 Å². The van der Waals surface area contributed by atoms with E-state index in [0.29, 0.717) is 5.02 Å². The van der Waals surface area contributed by atoms with Gasteiger partial charge in [-0.05, 0) is 18.9 Å². The van der Waals surface area contributed by atoms with E-state index in [2.05, 4.69) is 10.3 Å². The molecule has 2 rings (SSSR count). The van der Waals surface area contributed by atoms with Crippen LogP contribution >= 0.6 is 11.6 Å². The summed E-state index contributed by atoms with van der Waals surface area (Å²) in [5.74, 6) is 0. The minimum Gasteiger partial charge on any atom is -0.396 e. The Bertz CT molecular complexity index is 351. The van der Waals surface area contributed by atoms with Gasteiger partial charge in [-0.3, -0.25) is 4.98 Å². The van der Waals surface area contributed by atoms with E-state index < -0.39 is 0 Å². The lowest BCUT2D eigenvalue weighted by atomic mass is 9.87. The molecule has 1 saturated carbocycles. The summed E-state index contributed by atoms with van der Waals surface area (Å²) >= 11 is 6.01. The van der Waals surface area contributed by atoms with Crippen molar-refractivity contribution in [3.8, 4) is 0 Å². The molecule has 1 aromatic rings. The lowest BCUT2D eigenvalue weighted by molar-refractivity contribution is 0.142. The van der Waals surface area contributed by atoms with Crippen LogP contribution in [0.3, 0.4) is 0 Å². The molecular weight excluding hydrogens is 224 g/mol. The minimum atomic E-state index is 0.0482. The summed E-state index contributed by atoms with van der Waals surface area (Å²) in [5, 5.41) is 13.4. The van der Waals surface area contributed by atoms with Crippen LogP contribution in [0.2, 0.25) is 5.02 Å². The molecule has 88 valence electrons. The number of hydrogen-bond donors (Lipinski definition) is 2. The van der Waals surface area contributed by atoms with Crippen LogP contribution in [0.5, 0.6) is 0 Å². The summed E-state index contributed by atoms with van der Waals surface area (Å²) in [6, 6.07) is 1.86. The van der Waals surface area contributed by atoms with E-state index in [1.54, 1.807) is 12.4 Å². The normalized spacial score (nSPS) is 18.6. The smallest absolute Gasteiger partial charge is 0.0820 e. The quantitative estimate of drug-likeness (QED) is 0.851. The summed E-state index contributed by atoms with van der Waals surface area (Å²) in [4.78, 5) is 3.94. The van der Waals surface area contributed by atoms with Crippen LogP contribution in [-0.4, -0.2) is 23.2 Å². The van der Waals surface area contributed by atoms with Gasteiger partial charge < -0.3 is 10.4 Å². The van der Waals surface area contributed by atoms with Crippen molar-refractivity contribution < 1.29 is 5.11 Å². The van der Waals surface area contributed by atoms with Crippen molar-refractivity contribution in [2.45, 2.75) is 25.7 Å². The predicted molar refractivity (Wildman–Crippen MR) is 65.7 cm³/mol. The molecule has 1 heterocycles. The molecule has 1 aliphatic carbocycles. The van der Waals surface area contributed by atoms with Gasteiger partial charge in [-0.25, -0.2) is 0 Å². The van der Waals surface area contributed by atoms with Crippen LogP contribution in [0.1, 0.15) is 25.7 Å². The zero-order valence-corrected chi connectivity index (χ0v) is 10.0. The van der Waals surface area contributed by atoms with Crippen molar-refractivity contribution in [3.63, 3.8) is 0 Å². The monoisotopic (exact) mass is 240 g/mol. The molecule has 2 N–H and O–H groups in total. The van der Waals surface area contributed by atoms with E-state index in [-0.39, 0.29) is 12.0 Å². The molecule has 0 bridgehead atoms. The van der Waals surface area contributed by atoms with Crippen LogP contribution in [0.25, 0.3) is 0 Å². The Hall–Kier alpha value is -0.800. The average Bonchev–Trinajstić information content (AvgIpc) is 2.78. The maximum absolute atomic E-state index is 9.48. The maximum Gasteiger partial charge on any atom is 0.0820 e. The Morgan fingerprint density at radius 2 is 2.19 bits per heavy atom. The second kappa shape index (κ2) is 5.02. The fourth-order valence-electron chi connectivity index (χ4n) is 2.32. The van der Waals surface area contributed by atoms with Crippen LogP contribution in [0.4, 0.5) is 5.69 Å². The van der Waals surface area contributed by atoms with E-state index >= 15 is 0 Å².